The van der Waals surface area contributed by atoms with E-state index in [4.69, 9.17) is 21.7 Å². The summed E-state index contributed by atoms with van der Waals surface area (Å²) in [7, 11) is 1.62. The van der Waals surface area contributed by atoms with Gasteiger partial charge in [-0.25, -0.2) is 0 Å². The van der Waals surface area contributed by atoms with E-state index >= 15 is 0 Å². The molecule has 1 heterocycles. The number of benzene rings is 2. The monoisotopic (exact) mass is 368 g/mol. The molecule has 0 radical (unpaired) electrons. The van der Waals surface area contributed by atoms with Gasteiger partial charge in [0.15, 0.2) is 11.5 Å². The number of rotatable bonds is 7. The third-order valence-electron chi connectivity index (χ3n) is 3.81. The fourth-order valence-corrected chi connectivity index (χ4v) is 2.66. The molecule has 0 saturated heterocycles. The molecule has 3 rings (SSSR count). The lowest BCUT2D eigenvalue weighted by molar-refractivity contribution is 0.297. The summed E-state index contributed by atoms with van der Waals surface area (Å²) < 4.78 is 13.3. The molecular formula is C19H20N4O2S. The lowest BCUT2D eigenvalue weighted by Crippen LogP contribution is -2.03. The summed E-state index contributed by atoms with van der Waals surface area (Å²) in [6.45, 7) is 2.41. The van der Waals surface area contributed by atoms with Crippen LogP contribution in [0.1, 0.15) is 17.0 Å². The SMILES string of the molecule is COc1cc(/C=N/n2c(C)n[nH]c2=S)ccc1OCCc1ccccc1. The van der Waals surface area contributed by atoms with E-state index in [-0.39, 0.29) is 0 Å². The number of H-pyrrole nitrogens is 1. The van der Waals surface area contributed by atoms with Crippen molar-refractivity contribution in [1.29, 1.82) is 0 Å². The third-order valence-corrected chi connectivity index (χ3v) is 4.08. The molecule has 1 N–H and O–H groups in total. The maximum atomic E-state index is 5.87. The Bertz CT molecular complexity index is 948. The van der Waals surface area contributed by atoms with Crippen LogP contribution in [0.3, 0.4) is 0 Å². The van der Waals surface area contributed by atoms with E-state index in [1.807, 2.05) is 43.3 Å². The van der Waals surface area contributed by atoms with Crippen molar-refractivity contribution in [3.8, 4) is 11.5 Å². The van der Waals surface area contributed by atoms with Crippen molar-refractivity contribution in [2.45, 2.75) is 13.3 Å². The Morgan fingerprint density at radius 1 is 1.19 bits per heavy atom. The first kappa shape index (κ1) is 17.9. The Balaban J connectivity index is 1.68. The molecule has 0 aliphatic carbocycles. The molecule has 0 fully saturated rings. The predicted octanol–water partition coefficient (Wildman–Crippen LogP) is 3.76. The Labute approximate surface area is 157 Å². The van der Waals surface area contributed by atoms with Crippen molar-refractivity contribution in [3.63, 3.8) is 0 Å². The number of aromatic amines is 1. The minimum absolute atomic E-state index is 0.451. The molecule has 7 heteroatoms. The first-order valence-electron chi connectivity index (χ1n) is 8.20. The smallest absolute Gasteiger partial charge is 0.216 e. The maximum Gasteiger partial charge on any atom is 0.216 e. The van der Waals surface area contributed by atoms with Gasteiger partial charge in [-0.15, -0.1) is 0 Å². The molecule has 2 aromatic carbocycles. The Morgan fingerprint density at radius 3 is 2.69 bits per heavy atom. The van der Waals surface area contributed by atoms with Gasteiger partial charge in [-0.2, -0.15) is 14.9 Å². The van der Waals surface area contributed by atoms with E-state index in [1.54, 1.807) is 18.0 Å². The highest BCUT2D eigenvalue weighted by atomic mass is 32.1. The zero-order valence-corrected chi connectivity index (χ0v) is 15.5. The van der Waals surface area contributed by atoms with Crippen LogP contribution in [0.25, 0.3) is 0 Å². The summed E-state index contributed by atoms with van der Waals surface area (Å²) in [5, 5.41) is 11.1. The topological polar surface area (TPSA) is 64.4 Å². The molecule has 134 valence electrons. The Hall–Kier alpha value is -2.93. The maximum absolute atomic E-state index is 5.87. The number of ether oxygens (including phenoxy) is 2. The number of hydrogen-bond donors (Lipinski definition) is 1. The highest BCUT2D eigenvalue weighted by Gasteiger charge is 2.06. The molecule has 6 nitrogen and oxygen atoms in total. The van der Waals surface area contributed by atoms with Crippen molar-refractivity contribution < 1.29 is 9.47 Å². The summed E-state index contributed by atoms with van der Waals surface area (Å²) in [6.07, 6.45) is 2.54. The van der Waals surface area contributed by atoms with Crippen LogP contribution in [0.4, 0.5) is 0 Å². The fourth-order valence-electron chi connectivity index (χ4n) is 2.44. The average Bonchev–Trinajstić information content (AvgIpc) is 2.99. The predicted molar refractivity (Wildman–Crippen MR) is 104 cm³/mol. The van der Waals surface area contributed by atoms with Gasteiger partial charge in [0.05, 0.1) is 19.9 Å². The fraction of sp³-hybridized carbons (Fsp3) is 0.211. The number of methoxy groups -OCH3 is 1. The van der Waals surface area contributed by atoms with Crippen LogP contribution in [-0.4, -0.2) is 34.8 Å². The number of aryl methyl sites for hydroxylation is 1. The molecule has 0 aliphatic rings. The molecular weight excluding hydrogens is 348 g/mol. The Morgan fingerprint density at radius 2 is 2.00 bits per heavy atom. The van der Waals surface area contributed by atoms with Crippen LogP contribution in [0.5, 0.6) is 11.5 Å². The van der Waals surface area contributed by atoms with Gasteiger partial charge >= 0.3 is 0 Å². The summed E-state index contributed by atoms with van der Waals surface area (Å²) in [5.74, 6) is 2.06. The average molecular weight is 368 g/mol. The van der Waals surface area contributed by atoms with Gasteiger partial charge in [0, 0.05) is 6.42 Å². The van der Waals surface area contributed by atoms with E-state index < -0.39 is 0 Å². The normalized spacial score (nSPS) is 11.0. The zero-order valence-electron chi connectivity index (χ0n) is 14.7. The summed E-state index contributed by atoms with van der Waals surface area (Å²) in [6, 6.07) is 15.9. The van der Waals surface area contributed by atoms with E-state index in [1.165, 1.54) is 5.56 Å². The summed E-state index contributed by atoms with van der Waals surface area (Å²) in [4.78, 5) is 0. The minimum atomic E-state index is 0.451. The molecule has 0 saturated carbocycles. The van der Waals surface area contributed by atoms with E-state index in [0.717, 1.165) is 12.0 Å². The molecule has 26 heavy (non-hydrogen) atoms. The molecule has 0 bridgehead atoms. The van der Waals surface area contributed by atoms with E-state index in [0.29, 0.717) is 28.7 Å². The van der Waals surface area contributed by atoms with Gasteiger partial charge in [0.2, 0.25) is 4.77 Å². The molecule has 0 unspecified atom stereocenters. The molecule has 1 aromatic heterocycles. The van der Waals surface area contributed by atoms with Crippen molar-refractivity contribution in [2.24, 2.45) is 5.10 Å². The van der Waals surface area contributed by atoms with Crippen molar-refractivity contribution in [2.75, 3.05) is 13.7 Å². The molecule has 0 aliphatic heterocycles. The first-order chi connectivity index (χ1) is 12.7. The second-order valence-electron chi connectivity index (χ2n) is 5.63. The van der Waals surface area contributed by atoms with Crippen molar-refractivity contribution in [1.82, 2.24) is 14.9 Å². The quantitative estimate of drug-likeness (QED) is 0.509. The van der Waals surface area contributed by atoms with Crippen molar-refractivity contribution >= 4 is 18.4 Å². The first-order valence-corrected chi connectivity index (χ1v) is 8.61. The number of nitrogens with zero attached hydrogens (tertiary/aromatic N) is 3. The molecule has 0 atom stereocenters. The van der Waals surface area contributed by atoms with Crippen LogP contribution in [0, 0.1) is 11.7 Å². The van der Waals surface area contributed by atoms with Crippen LogP contribution < -0.4 is 9.47 Å². The van der Waals surface area contributed by atoms with E-state index in [9.17, 15) is 0 Å². The zero-order chi connectivity index (χ0) is 18.4. The number of aromatic nitrogens is 3. The highest BCUT2D eigenvalue weighted by Crippen LogP contribution is 2.27. The minimum Gasteiger partial charge on any atom is -0.493 e. The molecule has 0 amide bonds. The van der Waals surface area contributed by atoms with Crippen LogP contribution in [-0.2, 0) is 6.42 Å². The second-order valence-corrected chi connectivity index (χ2v) is 6.01. The standard InChI is InChI=1S/C19H20N4O2S/c1-14-21-22-19(26)23(14)20-13-16-8-9-17(18(12-16)24-2)25-11-10-15-6-4-3-5-7-15/h3-9,12-13H,10-11H2,1-2H3,(H,22,26)/b20-13+. The van der Waals surface area contributed by atoms with Gasteiger partial charge in [0.1, 0.15) is 5.82 Å². The van der Waals surface area contributed by atoms with Gasteiger partial charge in [0.25, 0.3) is 0 Å². The van der Waals surface area contributed by atoms with Crippen LogP contribution >= 0.6 is 12.2 Å². The third kappa shape index (κ3) is 4.37. The van der Waals surface area contributed by atoms with Crippen molar-refractivity contribution in [3.05, 3.63) is 70.3 Å². The summed E-state index contributed by atoms with van der Waals surface area (Å²) >= 11 is 5.13. The summed E-state index contributed by atoms with van der Waals surface area (Å²) in [5.41, 5.74) is 2.11. The molecule has 0 spiro atoms. The second kappa shape index (κ2) is 8.44. The van der Waals surface area contributed by atoms with Gasteiger partial charge < -0.3 is 9.47 Å². The van der Waals surface area contributed by atoms with E-state index in [2.05, 4.69) is 27.4 Å². The lowest BCUT2D eigenvalue weighted by Gasteiger charge is -2.11. The van der Waals surface area contributed by atoms with Gasteiger partial charge in [-0.1, -0.05) is 30.3 Å². The highest BCUT2D eigenvalue weighted by molar-refractivity contribution is 7.71. The Kier molecular flexibility index (Phi) is 5.80. The largest absolute Gasteiger partial charge is 0.493 e. The molecule has 3 aromatic rings. The van der Waals surface area contributed by atoms with Gasteiger partial charge in [-0.05, 0) is 48.5 Å². The lowest BCUT2D eigenvalue weighted by atomic mass is 10.2. The van der Waals surface area contributed by atoms with Gasteiger partial charge in [-0.3, -0.25) is 5.10 Å². The van der Waals surface area contributed by atoms with Crippen LogP contribution in [0.15, 0.2) is 53.6 Å². The van der Waals surface area contributed by atoms with Crippen LogP contribution in [0.2, 0.25) is 0 Å². The number of hydrogen-bond acceptors (Lipinski definition) is 5. The number of nitrogens with one attached hydrogen (secondary N) is 1.